The average molecular weight is 610 g/mol. The van der Waals surface area contributed by atoms with Crippen molar-refractivity contribution in [1.29, 1.82) is 0 Å². The maximum atomic E-state index is 12.3. The number of hydrogen-bond acceptors (Lipinski definition) is 7. The summed E-state index contributed by atoms with van der Waals surface area (Å²) in [5.74, 6) is -0.167. The van der Waals surface area contributed by atoms with Gasteiger partial charge in [-0.3, -0.25) is 14.5 Å². The highest BCUT2D eigenvalue weighted by atomic mass is 16.5. The maximum Gasteiger partial charge on any atom is 0.305 e. The minimum Gasteiger partial charge on any atom is -0.464 e. The number of nitrogens with two attached hydrogens (primary N) is 1. The highest BCUT2D eigenvalue weighted by Crippen LogP contribution is 2.13. The van der Waals surface area contributed by atoms with Crippen LogP contribution in [0.1, 0.15) is 162 Å². The normalized spacial score (nSPS) is 14.4. The van der Waals surface area contributed by atoms with E-state index in [1.54, 1.807) is 0 Å². The van der Waals surface area contributed by atoms with Gasteiger partial charge in [0.25, 0.3) is 0 Å². The summed E-state index contributed by atoms with van der Waals surface area (Å²) in [7, 11) is 0. The van der Waals surface area contributed by atoms with E-state index in [0.29, 0.717) is 45.2 Å². The Hall–Kier alpha value is -1.18. The van der Waals surface area contributed by atoms with Gasteiger partial charge in [0.05, 0.1) is 0 Å². The molecule has 1 aliphatic heterocycles. The zero-order chi connectivity index (χ0) is 31.2. The van der Waals surface area contributed by atoms with E-state index in [2.05, 4.69) is 23.6 Å². The molecule has 0 aliphatic carbocycles. The summed E-state index contributed by atoms with van der Waals surface area (Å²) in [6, 6.07) is 0.350. The van der Waals surface area contributed by atoms with Crippen molar-refractivity contribution in [3.8, 4) is 0 Å². The van der Waals surface area contributed by atoms with Gasteiger partial charge in [-0.1, -0.05) is 117 Å². The third kappa shape index (κ3) is 25.8. The van der Waals surface area contributed by atoms with Crippen molar-refractivity contribution in [3.05, 3.63) is 0 Å². The van der Waals surface area contributed by atoms with Crippen molar-refractivity contribution in [3.63, 3.8) is 0 Å². The summed E-state index contributed by atoms with van der Waals surface area (Å²) in [5, 5.41) is 0. The zero-order valence-corrected chi connectivity index (χ0v) is 28.6. The van der Waals surface area contributed by atoms with Crippen LogP contribution in [0.4, 0.5) is 0 Å². The van der Waals surface area contributed by atoms with Gasteiger partial charge < -0.3 is 20.1 Å². The minimum atomic E-state index is -0.0834. The molecule has 2 N–H and O–H groups in total. The molecule has 0 aromatic heterocycles. The molecule has 1 saturated heterocycles. The molecule has 0 amide bonds. The predicted octanol–water partition coefficient (Wildman–Crippen LogP) is 8.03. The number of nitrogens with zero attached hydrogens (tertiary/aromatic N) is 2. The summed E-state index contributed by atoms with van der Waals surface area (Å²) < 4.78 is 11.2. The molecule has 1 heterocycles. The number of hydrogen-bond donors (Lipinski definition) is 1. The summed E-state index contributed by atoms with van der Waals surface area (Å²) in [5.41, 5.74) is 6.06. The van der Waals surface area contributed by atoms with Gasteiger partial charge in [-0.05, 0) is 58.3 Å². The van der Waals surface area contributed by atoms with Crippen molar-refractivity contribution >= 4 is 11.9 Å². The van der Waals surface area contributed by atoms with Crippen molar-refractivity contribution in [1.82, 2.24) is 9.80 Å². The third-order valence-corrected chi connectivity index (χ3v) is 8.89. The van der Waals surface area contributed by atoms with Gasteiger partial charge in [-0.15, -0.1) is 0 Å². The Morgan fingerprint density at radius 1 is 0.605 bits per heavy atom. The summed E-state index contributed by atoms with van der Waals surface area (Å²) in [6.45, 7) is 10.8. The van der Waals surface area contributed by atoms with Crippen LogP contribution < -0.4 is 5.73 Å². The van der Waals surface area contributed by atoms with Crippen LogP contribution in [-0.2, 0) is 19.1 Å². The van der Waals surface area contributed by atoms with Crippen LogP contribution in [0.25, 0.3) is 0 Å². The molecule has 0 bridgehead atoms. The van der Waals surface area contributed by atoms with Gasteiger partial charge in [-0.2, -0.15) is 0 Å². The van der Waals surface area contributed by atoms with Crippen molar-refractivity contribution < 1.29 is 19.1 Å². The fourth-order valence-electron chi connectivity index (χ4n) is 5.91. The van der Waals surface area contributed by atoms with E-state index in [9.17, 15) is 9.59 Å². The molecule has 0 saturated carbocycles. The molecule has 1 rings (SSSR count). The Balaban J connectivity index is 2.21. The molecule has 0 aromatic carbocycles. The molecule has 0 spiro atoms. The summed E-state index contributed by atoms with van der Waals surface area (Å²) in [6.07, 6.45) is 26.6. The van der Waals surface area contributed by atoms with Crippen LogP contribution >= 0.6 is 0 Å². The number of ether oxygens (including phenoxy) is 2. The van der Waals surface area contributed by atoms with Crippen molar-refractivity contribution in [2.45, 2.75) is 168 Å². The third-order valence-electron chi connectivity index (χ3n) is 8.89. The SMILES string of the molecule is CCCCCCCCCCCC(=O)OCCN(CCCN1CCC(N)CC1)CCOC(=O)CCCCCCCCCCC. The van der Waals surface area contributed by atoms with E-state index < -0.39 is 0 Å². The number of piperidine rings is 1. The van der Waals surface area contributed by atoms with Gasteiger partial charge in [0.1, 0.15) is 13.2 Å². The molecular weight excluding hydrogens is 538 g/mol. The van der Waals surface area contributed by atoms with E-state index in [4.69, 9.17) is 15.2 Å². The van der Waals surface area contributed by atoms with Gasteiger partial charge >= 0.3 is 11.9 Å². The van der Waals surface area contributed by atoms with E-state index in [0.717, 1.165) is 71.1 Å². The Bertz CT molecular complexity index is 600. The van der Waals surface area contributed by atoms with Crippen LogP contribution in [0.5, 0.6) is 0 Å². The molecule has 0 aromatic rings. The van der Waals surface area contributed by atoms with E-state index in [1.165, 1.54) is 89.9 Å². The number of carbonyl (C=O) groups excluding carboxylic acids is 2. The smallest absolute Gasteiger partial charge is 0.305 e. The molecule has 0 unspecified atom stereocenters. The van der Waals surface area contributed by atoms with Crippen LogP contribution in [0.15, 0.2) is 0 Å². The van der Waals surface area contributed by atoms with Crippen molar-refractivity contribution in [2.24, 2.45) is 5.73 Å². The van der Waals surface area contributed by atoms with Crippen LogP contribution in [0.3, 0.4) is 0 Å². The van der Waals surface area contributed by atoms with Gasteiger partial charge in [0, 0.05) is 32.0 Å². The summed E-state index contributed by atoms with van der Waals surface area (Å²) >= 11 is 0. The second-order valence-electron chi connectivity index (χ2n) is 13.0. The standard InChI is InChI=1S/C36H71N3O4/c1-3-5-7-9-11-13-15-17-19-22-35(40)42-32-30-39(27-21-26-38-28-24-34(37)25-29-38)31-33-43-36(41)23-20-18-16-14-12-10-8-6-4-2/h34H,3-33,37H2,1-2H3. The Morgan fingerprint density at radius 3 is 1.42 bits per heavy atom. The first-order chi connectivity index (χ1) is 21.0. The predicted molar refractivity (Wildman–Crippen MR) is 180 cm³/mol. The van der Waals surface area contributed by atoms with Gasteiger partial charge in [0.15, 0.2) is 0 Å². The zero-order valence-electron chi connectivity index (χ0n) is 28.6. The second-order valence-corrected chi connectivity index (χ2v) is 13.0. The molecule has 0 radical (unpaired) electrons. The average Bonchev–Trinajstić information content (AvgIpc) is 3.00. The molecule has 7 heteroatoms. The highest BCUT2D eigenvalue weighted by Gasteiger charge is 2.16. The van der Waals surface area contributed by atoms with Gasteiger partial charge in [-0.25, -0.2) is 0 Å². The van der Waals surface area contributed by atoms with E-state index >= 15 is 0 Å². The number of rotatable bonds is 30. The monoisotopic (exact) mass is 610 g/mol. The number of esters is 2. The van der Waals surface area contributed by atoms with Crippen LogP contribution in [0.2, 0.25) is 0 Å². The topological polar surface area (TPSA) is 85.1 Å². The molecule has 7 nitrogen and oxygen atoms in total. The number of unbranched alkanes of at least 4 members (excludes halogenated alkanes) is 16. The Kier molecular flexibility index (Phi) is 27.4. The summed E-state index contributed by atoms with van der Waals surface area (Å²) in [4.78, 5) is 29.3. The molecule has 0 atom stereocenters. The first kappa shape index (κ1) is 39.8. The number of carbonyl (C=O) groups is 2. The van der Waals surface area contributed by atoms with Gasteiger partial charge in [0.2, 0.25) is 0 Å². The lowest BCUT2D eigenvalue weighted by molar-refractivity contribution is -0.144. The fraction of sp³-hybridized carbons (Fsp3) is 0.944. The first-order valence-electron chi connectivity index (χ1n) is 18.6. The minimum absolute atomic E-state index is 0.0834. The quantitative estimate of drug-likeness (QED) is 0.0652. The molecular formula is C36H71N3O4. The van der Waals surface area contributed by atoms with E-state index in [1.807, 2.05) is 0 Å². The van der Waals surface area contributed by atoms with Crippen LogP contribution in [-0.4, -0.2) is 80.3 Å². The molecule has 1 aliphatic rings. The fourth-order valence-corrected chi connectivity index (χ4v) is 5.91. The Labute approximate surface area is 266 Å². The maximum absolute atomic E-state index is 12.3. The Morgan fingerprint density at radius 2 is 1.00 bits per heavy atom. The lowest BCUT2D eigenvalue weighted by Crippen LogP contribution is -2.41. The highest BCUT2D eigenvalue weighted by molar-refractivity contribution is 5.69. The first-order valence-corrected chi connectivity index (χ1v) is 18.6. The largest absolute Gasteiger partial charge is 0.464 e. The lowest BCUT2D eigenvalue weighted by atomic mass is 10.1. The second kappa shape index (κ2) is 29.5. The number of likely N-dealkylation sites (tertiary alicyclic amines) is 1. The molecule has 1 fully saturated rings. The molecule has 43 heavy (non-hydrogen) atoms. The lowest BCUT2D eigenvalue weighted by Gasteiger charge is -2.31. The van der Waals surface area contributed by atoms with Crippen LogP contribution in [0, 0.1) is 0 Å². The van der Waals surface area contributed by atoms with Crippen molar-refractivity contribution in [2.75, 3.05) is 52.5 Å². The molecule has 254 valence electrons. The van der Waals surface area contributed by atoms with E-state index in [-0.39, 0.29) is 11.9 Å².